The largest absolute Gasteiger partial charge is 0.310 e. The van der Waals surface area contributed by atoms with Gasteiger partial charge in [0.2, 0.25) is 0 Å². The molecule has 4 heteroatoms. The smallest absolute Gasteiger partial charge is 0.0775 e. The highest BCUT2D eigenvalue weighted by Crippen LogP contribution is 2.55. The number of nitrogens with zero attached hydrogens (tertiary/aromatic N) is 2. The molecule has 0 aliphatic heterocycles. The zero-order valence-corrected chi connectivity index (χ0v) is 34.4. The predicted molar refractivity (Wildman–Crippen MR) is 237 cm³/mol. The molecule has 2 nitrogen and oxygen atoms in total. The first-order valence-electron chi connectivity index (χ1n) is 18.9. The van der Waals surface area contributed by atoms with Gasteiger partial charge in [-0.15, -0.1) is 0 Å². The van der Waals surface area contributed by atoms with Crippen molar-refractivity contribution in [3.8, 4) is 11.1 Å². The lowest BCUT2D eigenvalue weighted by atomic mass is 9.81. The summed E-state index contributed by atoms with van der Waals surface area (Å²) in [7, 11) is -2.88. The molecule has 0 fully saturated rings. The molecule has 0 spiro atoms. The molecule has 7 aromatic carbocycles. The number of benzene rings is 7. The second-order valence-electron chi connectivity index (χ2n) is 17.2. The van der Waals surface area contributed by atoms with Crippen LogP contribution >= 0.6 is 0 Å². The van der Waals surface area contributed by atoms with E-state index in [2.05, 4.69) is 221 Å². The van der Waals surface area contributed by atoms with Crippen LogP contribution in [0.25, 0.3) is 21.9 Å². The topological polar surface area (TPSA) is 6.48 Å². The fourth-order valence-corrected chi connectivity index (χ4v) is 10.5. The monoisotopic (exact) mass is 722 g/mol. The van der Waals surface area contributed by atoms with E-state index in [1.54, 1.807) is 0 Å². The maximum atomic E-state index is 2.49. The van der Waals surface area contributed by atoms with Crippen molar-refractivity contribution >= 4 is 71.4 Å². The summed E-state index contributed by atoms with van der Waals surface area (Å²) in [6, 6.07) is 59.0. The molecule has 0 saturated heterocycles. The lowest BCUT2D eigenvalue weighted by Gasteiger charge is -2.30. The van der Waals surface area contributed by atoms with Crippen LogP contribution < -0.4 is 20.2 Å². The minimum absolute atomic E-state index is 0.229. The van der Waals surface area contributed by atoms with Crippen molar-refractivity contribution in [2.24, 2.45) is 0 Å². The van der Waals surface area contributed by atoms with E-state index in [1.165, 1.54) is 66.1 Å². The first kappa shape index (κ1) is 34.9. The molecule has 7 aromatic rings. The Hall–Kier alpha value is -5.17. The van der Waals surface area contributed by atoms with Crippen LogP contribution in [0.2, 0.25) is 39.3 Å². The molecule has 0 saturated carbocycles. The minimum Gasteiger partial charge on any atom is -0.310 e. The Morgan fingerprint density at radius 2 is 0.830 bits per heavy atom. The summed E-state index contributed by atoms with van der Waals surface area (Å²) in [4.78, 5) is 4.88. The fraction of sp³-hybridized carbons (Fsp3) is 0.184. The third kappa shape index (κ3) is 6.24. The van der Waals surface area contributed by atoms with Crippen LogP contribution in [-0.4, -0.2) is 16.1 Å². The van der Waals surface area contributed by atoms with E-state index >= 15 is 0 Å². The molecule has 0 heterocycles. The van der Waals surface area contributed by atoms with Crippen molar-refractivity contribution in [1.29, 1.82) is 0 Å². The molecule has 0 aromatic heterocycles. The van der Waals surface area contributed by atoms with Gasteiger partial charge in [-0.3, -0.25) is 0 Å². The summed E-state index contributed by atoms with van der Waals surface area (Å²) in [6.07, 6.45) is 0. The molecule has 0 amide bonds. The Bertz CT molecular complexity index is 2420. The Kier molecular flexibility index (Phi) is 8.59. The van der Waals surface area contributed by atoms with E-state index in [9.17, 15) is 0 Å². The van der Waals surface area contributed by atoms with Crippen LogP contribution in [0.3, 0.4) is 0 Å². The van der Waals surface area contributed by atoms with Crippen LogP contribution in [0.4, 0.5) is 34.1 Å². The van der Waals surface area contributed by atoms with E-state index in [0.717, 1.165) is 11.4 Å². The zero-order chi connectivity index (χ0) is 37.1. The number of hydrogen-bond donors (Lipinski definition) is 0. The number of rotatable bonds is 8. The summed E-state index contributed by atoms with van der Waals surface area (Å²) < 4.78 is 0. The molecule has 0 N–H and O–H groups in total. The molecular formula is C49H50N2Si2. The predicted octanol–water partition coefficient (Wildman–Crippen LogP) is 13.2. The Labute approximate surface area is 318 Å². The van der Waals surface area contributed by atoms with Gasteiger partial charge in [0.05, 0.1) is 21.8 Å². The van der Waals surface area contributed by atoms with Crippen molar-refractivity contribution < 1.29 is 0 Å². The normalized spacial score (nSPS) is 13.4. The number of fused-ring (bicyclic) bond motifs is 5. The summed E-state index contributed by atoms with van der Waals surface area (Å²) in [6.45, 7) is 19.3. The molecule has 1 aliphatic rings. The average molecular weight is 723 g/mol. The SMILES string of the molecule is CC1(C)c2cc(N(c3ccccc3)c3ccc([Si](C)(C)C)cc3)ccc2-c2c1cc(N(c1ccccc1)c1ccc([Si](C)(C)C)cc1)c1ccccc21. The van der Waals surface area contributed by atoms with Gasteiger partial charge in [0, 0.05) is 39.2 Å². The number of anilines is 6. The van der Waals surface area contributed by atoms with Crippen molar-refractivity contribution in [3.63, 3.8) is 0 Å². The van der Waals surface area contributed by atoms with Gasteiger partial charge in [0.1, 0.15) is 0 Å². The molecule has 0 bridgehead atoms. The van der Waals surface area contributed by atoms with Crippen LogP contribution in [0.15, 0.2) is 158 Å². The van der Waals surface area contributed by atoms with Gasteiger partial charge < -0.3 is 9.80 Å². The minimum atomic E-state index is -1.45. The molecular weight excluding hydrogens is 673 g/mol. The van der Waals surface area contributed by atoms with Gasteiger partial charge in [-0.25, -0.2) is 0 Å². The Balaban J connectivity index is 1.30. The zero-order valence-electron chi connectivity index (χ0n) is 32.4. The fourth-order valence-electron chi connectivity index (χ4n) is 8.13. The number of para-hydroxylation sites is 2. The van der Waals surface area contributed by atoms with Crippen LogP contribution in [-0.2, 0) is 5.41 Å². The van der Waals surface area contributed by atoms with E-state index in [4.69, 9.17) is 0 Å². The first-order valence-corrected chi connectivity index (χ1v) is 25.9. The maximum Gasteiger partial charge on any atom is 0.0775 e. The van der Waals surface area contributed by atoms with Gasteiger partial charge in [0.15, 0.2) is 0 Å². The van der Waals surface area contributed by atoms with E-state index < -0.39 is 16.1 Å². The van der Waals surface area contributed by atoms with Crippen LogP contribution in [0.1, 0.15) is 25.0 Å². The lowest BCUT2D eigenvalue weighted by Crippen LogP contribution is -2.37. The molecule has 1 aliphatic carbocycles. The number of hydrogen-bond acceptors (Lipinski definition) is 2. The lowest BCUT2D eigenvalue weighted by molar-refractivity contribution is 0.661. The second kappa shape index (κ2) is 13.0. The highest BCUT2D eigenvalue weighted by atomic mass is 28.3. The van der Waals surface area contributed by atoms with Crippen LogP contribution in [0.5, 0.6) is 0 Å². The van der Waals surface area contributed by atoms with E-state index in [0.29, 0.717) is 0 Å². The highest BCUT2D eigenvalue weighted by Gasteiger charge is 2.38. The van der Waals surface area contributed by atoms with Crippen molar-refractivity contribution in [2.75, 3.05) is 9.80 Å². The Morgan fingerprint density at radius 3 is 1.36 bits per heavy atom. The van der Waals surface area contributed by atoms with Gasteiger partial charge in [-0.1, -0.05) is 154 Å². The first-order chi connectivity index (χ1) is 25.3. The van der Waals surface area contributed by atoms with Crippen molar-refractivity contribution in [2.45, 2.75) is 58.5 Å². The van der Waals surface area contributed by atoms with Crippen molar-refractivity contribution in [1.82, 2.24) is 0 Å². The van der Waals surface area contributed by atoms with Gasteiger partial charge in [-0.2, -0.15) is 0 Å². The van der Waals surface area contributed by atoms with E-state index in [1.807, 2.05) is 0 Å². The summed E-state index contributed by atoms with van der Waals surface area (Å²) >= 11 is 0. The summed E-state index contributed by atoms with van der Waals surface area (Å²) in [5.41, 5.74) is 12.2. The standard InChI is InChI=1S/C49H50N2Si2/c1-49(2)45-33-39(50(35-17-11-9-12-18-35)37-23-28-40(29-24-37)52(3,4)5)27-32-44(45)48-43-22-16-15-21-42(43)47(34-46(48)49)51(36-19-13-10-14-20-36)38-25-30-41(31-26-38)53(6,7)8/h9-34H,1-8H3. The molecule has 264 valence electrons. The highest BCUT2D eigenvalue weighted by molar-refractivity contribution is 6.89. The molecule has 0 unspecified atom stereocenters. The van der Waals surface area contributed by atoms with Gasteiger partial charge in [-0.05, 0) is 94.4 Å². The molecule has 53 heavy (non-hydrogen) atoms. The summed E-state index contributed by atoms with van der Waals surface area (Å²) in [5, 5.41) is 5.49. The van der Waals surface area contributed by atoms with Crippen molar-refractivity contribution in [3.05, 3.63) is 169 Å². The van der Waals surface area contributed by atoms with Crippen LogP contribution in [0, 0.1) is 0 Å². The van der Waals surface area contributed by atoms with Gasteiger partial charge >= 0.3 is 0 Å². The third-order valence-electron chi connectivity index (χ3n) is 11.2. The average Bonchev–Trinajstić information content (AvgIpc) is 3.38. The molecule has 0 radical (unpaired) electrons. The molecule has 0 atom stereocenters. The van der Waals surface area contributed by atoms with E-state index in [-0.39, 0.29) is 5.41 Å². The summed E-state index contributed by atoms with van der Waals surface area (Å²) in [5.74, 6) is 0. The van der Waals surface area contributed by atoms with Gasteiger partial charge in [0.25, 0.3) is 0 Å². The maximum absolute atomic E-state index is 2.49. The molecule has 8 rings (SSSR count). The second-order valence-corrected chi connectivity index (χ2v) is 27.3. The third-order valence-corrected chi connectivity index (χ3v) is 15.3. The Morgan fingerprint density at radius 1 is 0.396 bits per heavy atom. The quantitative estimate of drug-likeness (QED) is 0.144.